The van der Waals surface area contributed by atoms with Crippen LogP contribution in [0.1, 0.15) is 195 Å². The van der Waals surface area contributed by atoms with Gasteiger partial charge in [-0.1, -0.05) is 182 Å². The summed E-state index contributed by atoms with van der Waals surface area (Å²) in [5, 5.41) is 0. The summed E-state index contributed by atoms with van der Waals surface area (Å²) < 4.78 is 31.6. The van der Waals surface area contributed by atoms with Crippen molar-refractivity contribution in [2.24, 2.45) is 11.8 Å². The van der Waals surface area contributed by atoms with Crippen LogP contribution in [0.2, 0.25) is 0 Å². The van der Waals surface area contributed by atoms with Gasteiger partial charge in [0, 0.05) is 6.04 Å². The zero-order chi connectivity index (χ0) is 31.2. The molecule has 0 aromatic heterocycles. The van der Waals surface area contributed by atoms with Crippen LogP contribution >= 0.6 is 0 Å². The lowest BCUT2D eigenvalue weighted by Crippen LogP contribution is -2.39. The van der Waals surface area contributed by atoms with Gasteiger partial charge >= 0.3 is 10.4 Å². The van der Waals surface area contributed by atoms with E-state index in [1.807, 2.05) is 0 Å². The van der Waals surface area contributed by atoms with Crippen LogP contribution in [0.15, 0.2) is 0 Å². The van der Waals surface area contributed by atoms with E-state index in [1.54, 1.807) is 0 Å². The van der Waals surface area contributed by atoms with Crippen molar-refractivity contribution in [2.45, 2.75) is 201 Å². The molecule has 3 unspecified atom stereocenters. The number of hydrogen-bond donors (Lipinski definition) is 2. The summed E-state index contributed by atoms with van der Waals surface area (Å²) in [7, 11) is 0.112. The molecular weight excluding hydrogens is 530 g/mol. The first kappa shape index (κ1) is 43.0. The average Bonchev–Trinajstić information content (AvgIpc) is 2.90. The Balaban J connectivity index is 0. The number of rotatable bonds is 29. The Morgan fingerprint density at radius 3 is 1.07 bits per heavy atom. The van der Waals surface area contributed by atoms with E-state index in [0.29, 0.717) is 0 Å². The summed E-state index contributed by atoms with van der Waals surface area (Å²) >= 11 is 0. The number of unbranched alkanes of at least 4 members (excludes halogenated alkanes) is 18. The highest BCUT2D eigenvalue weighted by molar-refractivity contribution is 7.79. The van der Waals surface area contributed by atoms with E-state index < -0.39 is 10.4 Å². The van der Waals surface area contributed by atoms with E-state index in [1.165, 1.54) is 167 Å². The van der Waals surface area contributed by atoms with Gasteiger partial charge in [0.15, 0.2) is 0 Å². The summed E-state index contributed by atoms with van der Waals surface area (Å²) in [6.07, 6.45) is 37.6. The predicted molar refractivity (Wildman–Crippen MR) is 181 cm³/mol. The fourth-order valence-electron chi connectivity index (χ4n) is 6.48. The van der Waals surface area contributed by atoms with Crippen LogP contribution < -0.4 is 0 Å². The van der Waals surface area contributed by atoms with E-state index in [4.69, 9.17) is 17.5 Å². The van der Waals surface area contributed by atoms with E-state index in [2.05, 4.69) is 46.7 Å². The van der Waals surface area contributed by atoms with Gasteiger partial charge in [0.25, 0.3) is 0 Å². The molecule has 0 bridgehead atoms. The molecule has 6 heteroatoms. The van der Waals surface area contributed by atoms with E-state index in [-0.39, 0.29) is 0 Å². The molecule has 0 amide bonds. The van der Waals surface area contributed by atoms with Crippen molar-refractivity contribution in [2.75, 3.05) is 14.1 Å². The lowest BCUT2D eigenvalue weighted by atomic mass is 9.75. The Labute approximate surface area is 259 Å². The maximum absolute atomic E-state index is 8.74. The maximum atomic E-state index is 8.74. The van der Waals surface area contributed by atoms with Crippen LogP contribution in [-0.2, 0) is 10.4 Å². The van der Waals surface area contributed by atoms with Gasteiger partial charge in [0.2, 0.25) is 0 Å². The molecule has 0 aromatic rings. The molecule has 0 saturated heterocycles. The molecule has 3 atom stereocenters. The topological polar surface area (TPSA) is 77.8 Å². The van der Waals surface area contributed by atoms with Crippen molar-refractivity contribution in [3.8, 4) is 0 Å². The first-order chi connectivity index (χ1) is 19.6. The highest BCUT2D eigenvalue weighted by atomic mass is 32.3. The van der Waals surface area contributed by atoms with Crippen LogP contribution in [0.5, 0.6) is 0 Å². The van der Waals surface area contributed by atoms with E-state index in [0.717, 1.165) is 17.9 Å². The fraction of sp³-hybridized carbons (Fsp3) is 1.00. The van der Waals surface area contributed by atoms with Crippen molar-refractivity contribution < 1.29 is 17.5 Å². The minimum atomic E-state index is -4.67. The minimum Gasteiger partial charge on any atom is -0.306 e. The zero-order valence-electron chi connectivity index (χ0n) is 28.7. The van der Waals surface area contributed by atoms with Crippen LogP contribution in [0.25, 0.3) is 0 Å². The van der Waals surface area contributed by atoms with Gasteiger partial charge in [0.05, 0.1) is 0 Å². The third-order valence-corrected chi connectivity index (χ3v) is 8.86. The second-order valence-corrected chi connectivity index (χ2v) is 13.8. The largest absolute Gasteiger partial charge is 0.394 e. The molecule has 0 spiro atoms. The Morgan fingerprint density at radius 1 is 0.463 bits per heavy atom. The second-order valence-electron chi connectivity index (χ2n) is 12.9. The normalized spacial score (nSPS) is 14.1. The van der Waals surface area contributed by atoms with Gasteiger partial charge < -0.3 is 4.90 Å². The van der Waals surface area contributed by atoms with Gasteiger partial charge in [-0.2, -0.15) is 8.42 Å². The third-order valence-electron chi connectivity index (χ3n) is 8.86. The molecule has 0 radical (unpaired) electrons. The lowest BCUT2D eigenvalue weighted by molar-refractivity contribution is 0.117. The highest BCUT2D eigenvalue weighted by Gasteiger charge is 2.29. The molecule has 0 fully saturated rings. The molecule has 2 N–H and O–H groups in total. The maximum Gasteiger partial charge on any atom is 0.394 e. The molecule has 0 heterocycles. The SMILES string of the molecule is CCCCCCCCCC(CCCCCCCC)C(CCCCCCCC)C(CCCCC)N(C)C.O=S(=O)(O)O. The van der Waals surface area contributed by atoms with Gasteiger partial charge in [0.1, 0.15) is 0 Å². The molecule has 0 aromatic carbocycles. The summed E-state index contributed by atoms with van der Waals surface area (Å²) in [4.78, 5) is 2.64. The molecule has 41 heavy (non-hydrogen) atoms. The first-order valence-electron chi connectivity index (χ1n) is 18.0. The smallest absolute Gasteiger partial charge is 0.306 e. The summed E-state index contributed by atoms with van der Waals surface area (Å²) in [5.74, 6) is 1.87. The Bertz CT molecular complexity index is 603. The summed E-state index contributed by atoms with van der Waals surface area (Å²) in [6.45, 7) is 9.37. The molecule has 5 nitrogen and oxygen atoms in total. The minimum absolute atomic E-state index is 0.793. The molecular formula is C35H75NO4S. The Hall–Kier alpha value is -0.170. The number of nitrogens with zero attached hydrogens (tertiary/aromatic N) is 1. The highest BCUT2D eigenvalue weighted by Crippen LogP contribution is 2.35. The van der Waals surface area contributed by atoms with Crippen LogP contribution in [0, 0.1) is 11.8 Å². The van der Waals surface area contributed by atoms with Crippen molar-refractivity contribution in [1.29, 1.82) is 0 Å². The molecule has 0 aliphatic heterocycles. The van der Waals surface area contributed by atoms with Gasteiger partial charge in [-0.25, -0.2) is 0 Å². The Morgan fingerprint density at radius 2 is 0.732 bits per heavy atom. The summed E-state index contributed by atoms with van der Waals surface area (Å²) in [5.41, 5.74) is 0. The van der Waals surface area contributed by atoms with E-state index in [9.17, 15) is 0 Å². The lowest BCUT2D eigenvalue weighted by Gasteiger charge is -2.38. The summed E-state index contributed by atoms with van der Waals surface area (Å²) in [6, 6.07) is 0.793. The molecule has 0 aliphatic carbocycles. The van der Waals surface area contributed by atoms with E-state index >= 15 is 0 Å². The number of hydrogen-bond acceptors (Lipinski definition) is 3. The second kappa shape index (κ2) is 31.3. The molecule has 0 rings (SSSR count). The molecule has 0 saturated carbocycles. The van der Waals surface area contributed by atoms with Gasteiger partial charge in [-0.3, -0.25) is 9.11 Å². The quantitative estimate of drug-likeness (QED) is 0.0655. The predicted octanol–water partition coefficient (Wildman–Crippen LogP) is 11.7. The molecule has 250 valence electrons. The molecule has 0 aliphatic rings. The van der Waals surface area contributed by atoms with Crippen molar-refractivity contribution in [3.05, 3.63) is 0 Å². The van der Waals surface area contributed by atoms with Crippen LogP contribution in [-0.4, -0.2) is 42.6 Å². The van der Waals surface area contributed by atoms with Gasteiger partial charge in [-0.15, -0.1) is 0 Å². The fourth-order valence-corrected chi connectivity index (χ4v) is 6.48. The first-order valence-corrected chi connectivity index (χ1v) is 19.4. The third kappa shape index (κ3) is 32.6. The van der Waals surface area contributed by atoms with Crippen LogP contribution in [0.4, 0.5) is 0 Å². The zero-order valence-corrected chi connectivity index (χ0v) is 29.5. The average molecular weight is 606 g/mol. The van der Waals surface area contributed by atoms with Gasteiger partial charge in [-0.05, 0) is 38.8 Å². The van der Waals surface area contributed by atoms with Crippen molar-refractivity contribution in [1.82, 2.24) is 4.90 Å². The Kier molecular flexibility index (Phi) is 32.8. The van der Waals surface area contributed by atoms with Crippen molar-refractivity contribution in [3.63, 3.8) is 0 Å². The monoisotopic (exact) mass is 606 g/mol. The standard InChI is InChI=1S/C35H73N.H2O4S/c1-7-11-15-18-21-23-27-30-33(29-26-22-19-16-12-8-2)34(31-28-24-20-17-13-9-3)35(36(5)6)32-25-14-10-4;1-5(2,3)4/h33-35H,7-32H2,1-6H3;(H2,1,2,3,4). The van der Waals surface area contributed by atoms with Crippen LogP contribution in [0.3, 0.4) is 0 Å². The van der Waals surface area contributed by atoms with Crippen molar-refractivity contribution >= 4 is 10.4 Å².